The molecular formula is C13H26N2O4. The predicted octanol–water partition coefficient (Wildman–Crippen LogP) is 1.95. The molecule has 0 radical (unpaired) electrons. The lowest BCUT2D eigenvalue weighted by Crippen LogP contribution is -2.40. The topological polar surface area (TPSA) is 67.9 Å². The molecule has 0 heterocycles. The summed E-state index contributed by atoms with van der Waals surface area (Å²) < 4.78 is 5.14. The van der Waals surface area contributed by atoms with Crippen LogP contribution in [-0.2, 0) is 14.4 Å². The summed E-state index contributed by atoms with van der Waals surface area (Å²) in [5, 5.41) is 3.84. The van der Waals surface area contributed by atoms with Crippen LogP contribution < -0.4 is 5.32 Å². The standard InChI is InChI=1S/C13H26N2O4/c1-12(2,3)19-11(17)14-9-13(4,5)8-10(16)15(6)18-7/h8-9H2,1-7H3,(H,14,17). The molecule has 6 heteroatoms. The van der Waals surface area contributed by atoms with Crippen molar-refractivity contribution in [1.82, 2.24) is 10.4 Å². The van der Waals surface area contributed by atoms with E-state index in [0.717, 1.165) is 0 Å². The molecule has 0 fully saturated rings. The van der Waals surface area contributed by atoms with Gasteiger partial charge in [-0.2, -0.15) is 0 Å². The number of ether oxygens (including phenoxy) is 1. The molecule has 0 atom stereocenters. The van der Waals surface area contributed by atoms with E-state index in [4.69, 9.17) is 9.57 Å². The number of hydrogen-bond acceptors (Lipinski definition) is 4. The van der Waals surface area contributed by atoms with Crippen LogP contribution in [0.25, 0.3) is 0 Å². The normalized spacial score (nSPS) is 11.9. The highest BCUT2D eigenvalue weighted by atomic mass is 16.7. The second-order valence-corrected chi connectivity index (χ2v) is 6.27. The van der Waals surface area contributed by atoms with Crippen LogP contribution in [0.5, 0.6) is 0 Å². The molecule has 6 nitrogen and oxygen atoms in total. The molecule has 0 aromatic carbocycles. The fourth-order valence-electron chi connectivity index (χ4n) is 1.31. The molecule has 0 aliphatic rings. The first-order valence-corrected chi connectivity index (χ1v) is 6.24. The molecular weight excluding hydrogens is 248 g/mol. The summed E-state index contributed by atoms with van der Waals surface area (Å²) in [6.07, 6.45) is -0.208. The zero-order valence-electron chi connectivity index (χ0n) is 13.0. The molecule has 0 aromatic heterocycles. The molecule has 0 bridgehead atoms. The zero-order chi connectivity index (χ0) is 15.3. The van der Waals surface area contributed by atoms with Crippen LogP contribution in [-0.4, -0.2) is 43.4 Å². The summed E-state index contributed by atoms with van der Waals surface area (Å²) in [6.45, 7) is 9.54. The summed E-state index contributed by atoms with van der Waals surface area (Å²) in [6, 6.07) is 0. The van der Waals surface area contributed by atoms with Gasteiger partial charge in [0, 0.05) is 20.0 Å². The van der Waals surface area contributed by atoms with Crippen LogP contribution in [0.3, 0.4) is 0 Å². The molecule has 2 amide bonds. The number of amides is 2. The van der Waals surface area contributed by atoms with Gasteiger partial charge < -0.3 is 10.1 Å². The molecule has 0 aromatic rings. The Morgan fingerprint density at radius 1 is 1.16 bits per heavy atom. The average molecular weight is 274 g/mol. The fourth-order valence-corrected chi connectivity index (χ4v) is 1.31. The van der Waals surface area contributed by atoms with Crippen molar-refractivity contribution in [2.24, 2.45) is 5.41 Å². The predicted molar refractivity (Wildman–Crippen MR) is 72.4 cm³/mol. The zero-order valence-corrected chi connectivity index (χ0v) is 13.0. The van der Waals surface area contributed by atoms with E-state index in [2.05, 4.69) is 5.32 Å². The monoisotopic (exact) mass is 274 g/mol. The summed E-state index contributed by atoms with van der Waals surface area (Å²) in [7, 11) is 2.99. The highest BCUT2D eigenvalue weighted by Crippen LogP contribution is 2.20. The maximum atomic E-state index is 11.7. The molecule has 0 saturated heterocycles. The Labute approximate surface area is 115 Å². The summed E-state index contributed by atoms with van der Waals surface area (Å²) in [4.78, 5) is 28.1. The van der Waals surface area contributed by atoms with Crippen molar-refractivity contribution in [1.29, 1.82) is 0 Å². The Morgan fingerprint density at radius 2 is 1.68 bits per heavy atom. The number of carbonyl (C=O) groups excluding carboxylic acids is 2. The van der Waals surface area contributed by atoms with Crippen LogP contribution in [0, 0.1) is 5.41 Å². The maximum absolute atomic E-state index is 11.7. The Kier molecular flexibility index (Phi) is 6.29. The van der Waals surface area contributed by atoms with Gasteiger partial charge in [0.2, 0.25) is 5.91 Å². The van der Waals surface area contributed by atoms with Gasteiger partial charge in [-0.05, 0) is 26.2 Å². The Balaban J connectivity index is 4.24. The number of carbonyl (C=O) groups is 2. The molecule has 112 valence electrons. The van der Waals surface area contributed by atoms with Gasteiger partial charge in [0.15, 0.2) is 0 Å². The molecule has 0 spiro atoms. The molecule has 1 N–H and O–H groups in total. The van der Waals surface area contributed by atoms with Crippen molar-refractivity contribution in [3.63, 3.8) is 0 Å². The average Bonchev–Trinajstić information content (AvgIpc) is 2.22. The first-order valence-electron chi connectivity index (χ1n) is 6.24. The van der Waals surface area contributed by atoms with E-state index in [9.17, 15) is 9.59 Å². The lowest BCUT2D eigenvalue weighted by atomic mass is 9.89. The van der Waals surface area contributed by atoms with Gasteiger partial charge in [0.1, 0.15) is 5.60 Å². The minimum absolute atomic E-state index is 0.140. The highest BCUT2D eigenvalue weighted by molar-refractivity contribution is 5.75. The van der Waals surface area contributed by atoms with Gasteiger partial charge in [-0.3, -0.25) is 9.63 Å². The van der Waals surface area contributed by atoms with E-state index < -0.39 is 11.7 Å². The third-order valence-corrected chi connectivity index (χ3v) is 2.37. The first-order chi connectivity index (χ1) is 8.47. The van der Waals surface area contributed by atoms with E-state index >= 15 is 0 Å². The molecule has 0 rings (SSSR count). The van der Waals surface area contributed by atoms with Crippen LogP contribution in [0.1, 0.15) is 41.0 Å². The number of hydroxylamine groups is 2. The molecule has 0 aliphatic heterocycles. The van der Waals surface area contributed by atoms with Crippen molar-refractivity contribution < 1.29 is 19.2 Å². The van der Waals surface area contributed by atoms with Gasteiger partial charge in [-0.25, -0.2) is 9.86 Å². The Hall–Kier alpha value is -1.30. The van der Waals surface area contributed by atoms with Gasteiger partial charge in [-0.15, -0.1) is 0 Å². The van der Waals surface area contributed by atoms with Crippen molar-refractivity contribution in [3.8, 4) is 0 Å². The minimum atomic E-state index is -0.527. The van der Waals surface area contributed by atoms with E-state index in [1.54, 1.807) is 27.8 Å². The second-order valence-electron chi connectivity index (χ2n) is 6.27. The Morgan fingerprint density at radius 3 is 2.11 bits per heavy atom. The van der Waals surface area contributed by atoms with Gasteiger partial charge in [0.05, 0.1) is 7.11 Å². The highest BCUT2D eigenvalue weighted by Gasteiger charge is 2.26. The fraction of sp³-hybridized carbons (Fsp3) is 0.846. The van der Waals surface area contributed by atoms with E-state index in [-0.39, 0.29) is 17.7 Å². The SMILES string of the molecule is CON(C)C(=O)CC(C)(C)CNC(=O)OC(C)(C)C. The van der Waals surface area contributed by atoms with E-state index in [0.29, 0.717) is 6.54 Å². The van der Waals surface area contributed by atoms with Crippen molar-refractivity contribution in [2.75, 3.05) is 20.7 Å². The Bertz CT molecular complexity index is 321. The number of hydrogen-bond donors (Lipinski definition) is 1. The van der Waals surface area contributed by atoms with Crippen LogP contribution >= 0.6 is 0 Å². The lowest BCUT2D eigenvalue weighted by Gasteiger charge is -2.27. The number of nitrogens with zero attached hydrogens (tertiary/aromatic N) is 1. The quantitative estimate of drug-likeness (QED) is 0.778. The van der Waals surface area contributed by atoms with E-state index in [1.807, 2.05) is 13.8 Å². The van der Waals surface area contributed by atoms with Gasteiger partial charge in [-0.1, -0.05) is 13.8 Å². The smallest absolute Gasteiger partial charge is 0.407 e. The maximum Gasteiger partial charge on any atom is 0.407 e. The van der Waals surface area contributed by atoms with Crippen LogP contribution in [0.15, 0.2) is 0 Å². The summed E-state index contributed by atoms with van der Waals surface area (Å²) >= 11 is 0. The number of alkyl carbamates (subject to hydrolysis) is 1. The lowest BCUT2D eigenvalue weighted by molar-refractivity contribution is -0.170. The first kappa shape index (κ1) is 17.7. The van der Waals surface area contributed by atoms with E-state index in [1.165, 1.54) is 12.2 Å². The van der Waals surface area contributed by atoms with Crippen molar-refractivity contribution >= 4 is 12.0 Å². The van der Waals surface area contributed by atoms with Gasteiger partial charge in [0.25, 0.3) is 0 Å². The van der Waals surface area contributed by atoms with Crippen molar-refractivity contribution in [3.05, 3.63) is 0 Å². The summed E-state index contributed by atoms with van der Waals surface area (Å²) in [5.74, 6) is -0.140. The number of rotatable bonds is 5. The third-order valence-electron chi connectivity index (χ3n) is 2.37. The second kappa shape index (κ2) is 6.75. The molecule has 19 heavy (non-hydrogen) atoms. The van der Waals surface area contributed by atoms with Crippen molar-refractivity contribution in [2.45, 2.75) is 46.6 Å². The third kappa shape index (κ3) is 8.42. The molecule has 0 unspecified atom stereocenters. The minimum Gasteiger partial charge on any atom is -0.444 e. The van der Waals surface area contributed by atoms with Crippen LogP contribution in [0.4, 0.5) is 4.79 Å². The van der Waals surface area contributed by atoms with Crippen LogP contribution in [0.2, 0.25) is 0 Å². The van der Waals surface area contributed by atoms with Gasteiger partial charge >= 0.3 is 6.09 Å². The molecule has 0 aliphatic carbocycles. The number of nitrogens with one attached hydrogen (secondary N) is 1. The molecule has 0 saturated carbocycles. The summed E-state index contributed by atoms with van der Waals surface area (Å²) in [5.41, 5.74) is -0.902. The largest absolute Gasteiger partial charge is 0.444 e.